The average Bonchev–Trinajstić information content (AvgIpc) is 2.45. The smallest absolute Gasteiger partial charge is 0.0153 e. The van der Waals surface area contributed by atoms with Crippen LogP contribution in [-0.2, 0) is 0 Å². The van der Waals surface area contributed by atoms with Crippen molar-refractivity contribution in [3.63, 3.8) is 0 Å². The number of hydrogen-bond donors (Lipinski definition) is 2. The van der Waals surface area contributed by atoms with Crippen LogP contribution in [0.3, 0.4) is 0 Å². The summed E-state index contributed by atoms with van der Waals surface area (Å²) >= 11 is 0. The first kappa shape index (κ1) is 19.9. The van der Waals surface area contributed by atoms with E-state index in [1.54, 1.807) is 0 Å². The fraction of sp³-hybridized carbons (Fsp3) is 1.00. The first-order valence-electron chi connectivity index (χ1n) is 9.13. The maximum Gasteiger partial charge on any atom is 0.0153 e. The molecule has 0 aromatic carbocycles. The van der Waals surface area contributed by atoms with Crippen LogP contribution in [0.2, 0.25) is 0 Å². The largest absolute Gasteiger partial charge is 0.329 e. The third kappa shape index (κ3) is 11.7. The molecule has 0 aromatic rings. The summed E-state index contributed by atoms with van der Waals surface area (Å²) in [6.45, 7) is 8.68. The monoisotopic (exact) mass is 284 g/mol. The van der Waals surface area contributed by atoms with Crippen LogP contribution in [0.15, 0.2) is 0 Å². The standard InChI is InChI=1S/C18H40N2/c1-4-6-8-10-12-14-18(3,20-17-16-19)15-13-11-9-7-5-2/h20H,4-17,19H2,1-3H3. The van der Waals surface area contributed by atoms with Crippen LogP contribution in [0, 0.1) is 0 Å². The van der Waals surface area contributed by atoms with E-state index in [0.717, 1.165) is 13.1 Å². The Balaban J connectivity index is 3.88. The van der Waals surface area contributed by atoms with Crippen LogP contribution in [-0.4, -0.2) is 18.6 Å². The molecule has 122 valence electrons. The summed E-state index contributed by atoms with van der Waals surface area (Å²) < 4.78 is 0. The maximum absolute atomic E-state index is 5.66. The van der Waals surface area contributed by atoms with Gasteiger partial charge < -0.3 is 11.1 Å². The Kier molecular flexibility index (Phi) is 13.8. The number of unbranched alkanes of at least 4 members (excludes halogenated alkanes) is 8. The molecule has 0 unspecified atom stereocenters. The second-order valence-electron chi connectivity index (χ2n) is 6.60. The van der Waals surface area contributed by atoms with Crippen molar-refractivity contribution in [3.05, 3.63) is 0 Å². The Morgan fingerprint density at radius 1 is 0.750 bits per heavy atom. The van der Waals surface area contributed by atoms with Gasteiger partial charge in [-0.05, 0) is 19.8 Å². The molecule has 2 nitrogen and oxygen atoms in total. The second kappa shape index (κ2) is 13.9. The Morgan fingerprint density at radius 3 is 1.60 bits per heavy atom. The lowest BCUT2D eigenvalue weighted by molar-refractivity contribution is 0.290. The topological polar surface area (TPSA) is 38.0 Å². The summed E-state index contributed by atoms with van der Waals surface area (Å²) in [4.78, 5) is 0. The molecule has 0 aliphatic heterocycles. The molecule has 0 fully saturated rings. The van der Waals surface area contributed by atoms with Gasteiger partial charge in [-0.2, -0.15) is 0 Å². The molecule has 0 aromatic heterocycles. The highest BCUT2D eigenvalue weighted by atomic mass is 15.0. The van der Waals surface area contributed by atoms with Gasteiger partial charge in [0.1, 0.15) is 0 Å². The zero-order valence-electron chi connectivity index (χ0n) is 14.5. The van der Waals surface area contributed by atoms with Crippen molar-refractivity contribution in [2.45, 2.75) is 103 Å². The molecule has 0 heterocycles. The molecule has 20 heavy (non-hydrogen) atoms. The number of hydrogen-bond acceptors (Lipinski definition) is 2. The minimum absolute atomic E-state index is 0.317. The van der Waals surface area contributed by atoms with Crippen molar-refractivity contribution >= 4 is 0 Å². The molecule has 0 saturated heterocycles. The normalized spacial score (nSPS) is 12.0. The SMILES string of the molecule is CCCCCCCC(C)(CCCCCCC)NCCN. The molecule has 0 amide bonds. The van der Waals surface area contributed by atoms with Gasteiger partial charge in [0, 0.05) is 18.6 Å². The summed E-state index contributed by atoms with van der Waals surface area (Å²) in [7, 11) is 0. The lowest BCUT2D eigenvalue weighted by atomic mass is 9.88. The van der Waals surface area contributed by atoms with E-state index in [2.05, 4.69) is 26.1 Å². The van der Waals surface area contributed by atoms with Gasteiger partial charge in [0.25, 0.3) is 0 Å². The fourth-order valence-electron chi connectivity index (χ4n) is 2.91. The maximum atomic E-state index is 5.66. The van der Waals surface area contributed by atoms with Crippen molar-refractivity contribution in [1.29, 1.82) is 0 Å². The predicted molar refractivity (Wildman–Crippen MR) is 92.2 cm³/mol. The van der Waals surface area contributed by atoms with Crippen LogP contribution in [0.5, 0.6) is 0 Å². The Morgan fingerprint density at radius 2 is 1.20 bits per heavy atom. The minimum atomic E-state index is 0.317. The number of rotatable bonds is 15. The molecule has 0 aliphatic carbocycles. The first-order valence-corrected chi connectivity index (χ1v) is 9.13. The summed E-state index contributed by atoms with van der Waals surface area (Å²) in [6, 6.07) is 0. The average molecular weight is 285 g/mol. The highest BCUT2D eigenvalue weighted by molar-refractivity contribution is 4.83. The lowest BCUT2D eigenvalue weighted by Gasteiger charge is -2.31. The van der Waals surface area contributed by atoms with Gasteiger partial charge in [0.05, 0.1) is 0 Å². The van der Waals surface area contributed by atoms with Gasteiger partial charge in [0.2, 0.25) is 0 Å². The van der Waals surface area contributed by atoms with Crippen LogP contribution >= 0.6 is 0 Å². The first-order chi connectivity index (χ1) is 9.68. The van der Waals surface area contributed by atoms with Crippen molar-refractivity contribution in [2.75, 3.05) is 13.1 Å². The third-order valence-corrected chi connectivity index (χ3v) is 4.36. The molecule has 0 spiro atoms. The van der Waals surface area contributed by atoms with Gasteiger partial charge in [-0.1, -0.05) is 78.1 Å². The van der Waals surface area contributed by atoms with Crippen LogP contribution in [0.1, 0.15) is 97.8 Å². The molecule has 0 aliphatic rings. The highest BCUT2D eigenvalue weighted by Crippen LogP contribution is 2.22. The number of nitrogens with one attached hydrogen (secondary N) is 1. The molecule has 2 heteroatoms. The van der Waals surface area contributed by atoms with E-state index in [-0.39, 0.29) is 0 Å². The quantitative estimate of drug-likeness (QED) is 0.415. The van der Waals surface area contributed by atoms with E-state index in [9.17, 15) is 0 Å². The van der Waals surface area contributed by atoms with E-state index >= 15 is 0 Å². The second-order valence-corrected chi connectivity index (χ2v) is 6.60. The van der Waals surface area contributed by atoms with Crippen molar-refractivity contribution in [2.24, 2.45) is 5.73 Å². The zero-order valence-corrected chi connectivity index (χ0v) is 14.5. The molecule has 0 radical (unpaired) electrons. The summed E-state index contributed by atoms with van der Waals surface area (Å²) in [5, 5.41) is 3.70. The lowest BCUT2D eigenvalue weighted by Crippen LogP contribution is -2.44. The molecular formula is C18H40N2. The van der Waals surface area contributed by atoms with E-state index < -0.39 is 0 Å². The minimum Gasteiger partial charge on any atom is -0.329 e. The molecule has 0 rings (SSSR count). The van der Waals surface area contributed by atoms with Crippen molar-refractivity contribution < 1.29 is 0 Å². The van der Waals surface area contributed by atoms with Gasteiger partial charge in [0.15, 0.2) is 0 Å². The Labute approximate surface area is 128 Å². The van der Waals surface area contributed by atoms with E-state index in [0.29, 0.717) is 5.54 Å². The Hall–Kier alpha value is -0.0800. The molecule has 0 bridgehead atoms. The van der Waals surface area contributed by atoms with Gasteiger partial charge in [-0.25, -0.2) is 0 Å². The van der Waals surface area contributed by atoms with Gasteiger partial charge in [-0.3, -0.25) is 0 Å². The van der Waals surface area contributed by atoms with Crippen LogP contribution in [0.4, 0.5) is 0 Å². The summed E-state index contributed by atoms with van der Waals surface area (Å²) in [5.41, 5.74) is 5.98. The van der Waals surface area contributed by atoms with Crippen LogP contribution < -0.4 is 11.1 Å². The Bertz CT molecular complexity index is 178. The predicted octanol–water partition coefficient (Wildman–Crippen LogP) is 5.01. The molecule has 0 saturated carbocycles. The van der Waals surface area contributed by atoms with Gasteiger partial charge >= 0.3 is 0 Å². The summed E-state index contributed by atoms with van der Waals surface area (Å²) in [6.07, 6.45) is 16.4. The van der Waals surface area contributed by atoms with E-state index in [1.165, 1.54) is 77.0 Å². The molecule has 3 N–H and O–H groups in total. The van der Waals surface area contributed by atoms with Crippen LogP contribution in [0.25, 0.3) is 0 Å². The summed E-state index contributed by atoms with van der Waals surface area (Å²) in [5.74, 6) is 0. The number of nitrogens with two attached hydrogens (primary N) is 1. The van der Waals surface area contributed by atoms with E-state index in [1.807, 2.05) is 0 Å². The fourth-order valence-corrected chi connectivity index (χ4v) is 2.91. The molecular weight excluding hydrogens is 244 g/mol. The van der Waals surface area contributed by atoms with Gasteiger partial charge in [-0.15, -0.1) is 0 Å². The highest BCUT2D eigenvalue weighted by Gasteiger charge is 2.21. The molecule has 0 atom stereocenters. The zero-order chi connectivity index (χ0) is 15.1. The van der Waals surface area contributed by atoms with Crippen molar-refractivity contribution in [1.82, 2.24) is 5.32 Å². The van der Waals surface area contributed by atoms with Crippen molar-refractivity contribution in [3.8, 4) is 0 Å². The van der Waals surface area contributed by atoms with E-state index in [4.69, 9.17) is 5.73 Å². The third-order valence-electron chi connectivity index (χ3n) is 4.36.